The van der Waals surface area contributed by atoms with Gasteiger partial charge in [0.1, 0.15) is 151 Å². The molecule has 4 fully saturated rings. The van der Waals surface area contributed by atoms with E-state index in [-0.39, 0.29) is 82.1 Å². The minimum atomic E-state index is -2.51. The Labute approximate surface area is 826 Å². The lowest BCUT2D eigenvalue weighted by molar-refractivity contribution is -0.292. The first-order valence-corrected chi connectivity index (χ1v) is 48.7. The van der Waals surface area contributed by atoms with Gasteiger partial charge < -0.3 is 167 Å². The van der Waals surface area contributed by atoms with Gasteiger partial charge in [0.05, 0.1) is 31.3 Å². The number of allylic oxidation sites excluding steroid dienone is 8. The molecule has 0 saturated carbocycles. The predicted molar refractivity (Wildman–Crippen MR) is 500 cm³/mol. The number of nitrogens with two attached hydrogens (primary N) is 1. The van der Waals surface area contributed by atoms with Crippen LogP contribution in [0.25, 0.3) is 0 Å². The second-order valence-corrected chi connectivity index (χ2v) is 38.4. The minimum absolute atomic E-state index is 0.00598. The first-order valence-electron chi connectivity index (χ1n) is 48.2. The highest BCUT2D eigenvalue weighted by Gasteiger charge is 2.55. The Bertz CT molecular complexity index is 5540. The lowest BCUT2D eigenvalue weighted by atomic mass is 9.68. The normalized spacial score (nSPS) is 32.6. The molecule has 8 amide bonds. The molecule has 9 heterocycles. The van der Waals surface area contributed by atoms with E-state index in [0.29, 0.717) is 36.8 Å². The molecule has 28 atom stereocenters. The second kappa shape index (κ2) is 47.1. The highest BCUT2D eigenvalue weighted by atomic mass is 35.5. The van der Waals surface area contributed by atoms with E-state index in [1.807, 2.05) is 13.8 Å². The van der Waals surface area contributed by atoms with Gasteiger partial charge in [0, 0.05) is 49.7 Å². The summed E-state index contributed by atoms with van der Waals surface area (Å²) in [6, 6.07) is -9.67. The molecule has 0 aromatic heterocycles. The molecule has 3 aromatic rings. The molecule has 24 N–H and O–H groups in total. The molecular formula is C99H126ClN9O34. The molecule has 4 aliphatic carbocycles. The summed E-state index contributed by atoms with van der Waals surface area (Å²) < 4.78 is 65.5. The Morgan fingerprint density at radius 1 is 0.573 bits per heavy atom. The molecule has 778 valence electrons. The van der Waals surface area contributed by atoms with Gasteiger partial charge in [-0.3, -0.25) is 43.2 Å². The van der Waals surface area contributed by atoms with Crippen molar-refractivity contribution in [3.8, 4) is 40.2 Å². The van der Waals surface area contributed by atoms with Gasteiger partial charge in [-0.2, -0.15) is 0 Å². The van der Waals surface area contributed by atoms with Crippen LogP contribution >= 0.6 is 11.6 Å². The number of aromatic hydroxyl groups is 2. The third kappa shape index (κ3) is 24.4. The topological polar surface area (TPSA) is 668 Å². The summed E-state index contributed by atoms with van der Waals surface area (Å²) in [7, 11) is 0. The second-order valence-electron chi connectivity index (χ2n) is 37.9. The number of halogens is 1. The maximum Gasteiger partial charge on any atom is 0.330 e. The number of aliphatic hydroxyl groups is 11. The van der Waals surface area contributed by atoms with Crippen molar-refractivity contribution in [2.24, 2.45) is 23.5 Å². The number of carboxylic acid groups (broad SMARTS) is 1. The number of esters is 1. The van der Waals surface area contributed by atoms with Crippen LogP contribution in [0.3, 0.4) is 0 Å². The van der Waals surface area contributed by atoms with Crippen molar-refractivity contribution in [1.29, 1.82) is 0 Å². The van der Waals surface area contributed by atoms with E-state index in [1.165, 1.54) is 61.6 Å². The maximum absolute atomic E-state index is 17.5. The fourth-order valence-corrected chi connectivity index (χ4v) is 20.2. The third-order valence-electron chi connectivity index (χ3n) is 27.4. The number of nitrogens with one attached hydrogen (secondary N) is 8. The quantitative estimate of drug-likeness (QED) is 0.0291. The van der Waals surface area contributed by atoms with E-state index in [1.54, 1.807) is 19.9 Å². The van der Waals surface area contributed by atoms with Crippen LogP contribution in [0.4, 0.5) is 0 Å². The van der Waals surface area contributed by atoms with E-state index < -0.39 is 314 Å². The van der Waals surface area contributed by atoms with E-state index in [4.69, 9.17) is 64.7 Å². The van der Waals surface area contributed by atoms with Crippen molar-refractivity contribution in [2.45, 2.75) is 303 Å². The van der Waals surface area contributed by atoms with Crippen molar-refractivity contribution in [3.63, 3.8) is 0 Å². The molecule has 16 rings (SSSR count). The summed E-state index contributed by atoms with van der Waals surface area (Å²) in [6.45, 7) is 6.13. The van der Waals surface area contributed by atoms with E-state index in [9.17, 15) is 95.5 Å². The SMILES string of the molecule is CCCCCCCCC(=O)NC1C(O)[C@H](O)C(COC(=O)CCCCCCC)O[C@H]1Oc1c2cc3cc1OC1=C(C)C=C(CC1C)C[C@H]1NC(=O)[C@H](N)c4ccc(O)c(c4)Oc4cc(O)cc(c4)[C@H](NC1=O)C(=O)N[C@H]3C(=O)N[C@H]1C(=O)N[C@H](C(=O)N[C@H](C(=O)O)C3=CC(O)CC(O[C@H]4OC(CO)[C@@H](O)C(O)C4O)=C3C3C(CO)=CC=C1C3C)[C@H](O[C@@H]1OC(CO)[C@@H](O)C(O)C1NC(C)=O)C1=CC=C(O2)[C@@H](Cl)C1. The van der Waals surface area contributed by atoms with Gasteiger partial charge in [0.2, 0.25) is 65.6 Å². The molecule has 43 nitrogen and oxygen atoms in total. The van der Waals surface area contributed by atoms with Gasteiger partial charge in [0.15, 0.2) is 35.3 Å². The number of aliphatic hydroxyl groups excluding tert-OH is 11. The van der Waals surface area contributed by atoms with Gasteiger partial charge in [-0.05, 0) is 138 Å². The van der Waals surface area contributed by atoms with Crippen LogP contribution in [0.15, 0.2) is 141 Å². The third-order valence-corrected chi connectivity index (χ3v) is 27.8. The number of aliphatic carboxylic acids is 1. The zero-order valence-electron chi connectivity index (χ0n) is 79.5. The number of ether oxygens (including phenoxy) is 10. The number of hydrogen-bond donors (Lipinski definition) is 23. The number of phenolic OH excluding ortho intramolecular Hbond substituents is 2. The standard InChI is InChI=1S/C99H126ClN9O34/c1-7-9-11-13-15-16-18-68(117)104-78-84(123)82(121)67(41-134-69(118)19-17-14-12-10-8-2)141-98(78)143-89-63-33-51-34-64(89)137-87-42(3)26-46(27-43(87)4)28-58-90(126)105-73(50-29-52(114)35-54(30-50)135-61-32-47(21-24-59(61)116)72(101)91(127)103-58)92(128)106-74(51)93(129)107-75-55-23-20-49(38-110)70(44(55)5)71-56(36-53(115)37-62(71)138-99-86(125)85(124)81(120)66(40-112)140-99)76(96(132)133)108-95(131)79(109-94(75)130)88(48-22-25-60(136-63)57(100)31-48)142-97-77(102-45(6)113)83(122)80(119)65(39-111)139-97/h20-26,29-30,32-36,43-44,53,57-58,65-67,70,72-86,88,97-99,110-112,114-116,119-125H,7-19,27-28,31,37-41,101H2,1-6H3,(H,102,113)(H,103,127)(H,104,117)(H,105,126)(H,106,128)(H,107,129)(H,108,131)(H,109,130)(H,132,133)/t43?,44?,53?,57-,58+,65?,66?,67?,70?,72+,73-,74+,75+,76-,77?,78?,79-,80+,81+,82+,83?,84?,85?,86?,88+,97-,98-,99-/m0/s1. The maximum atomic E-state index is 17.5. The Morgan fingerprint density at radius 3 is 1.84 bits per heavy atom. The molecule has 17 bridgehead atoms. The number of carbonyl (C=O) groups is 10. The average Bonchev–Trinajstić information content (AvgIpc) is 0.741. The molecule has 13 aliphatic rings. The van der Waals surface area contributed by atoms with E-state index in [0.717, 1.165) is 76.1 Å². The molecule has 13 unspecified atom stereocenters. The molecule has 9 aliphatic heterocycles. The van der Waals surface area contributed by atoms with Crippen molar-refractivity contribution >= 4 is 70.8 Å². The smallest absolute Gasteiger partial charge is 0.330 e. The number of amides is 8. The van der Waals surface area contributed by atoms with Crippen LogP contribution in [-0.2, 0) is 76.4 Å². The van der Waals surface area contributed by atoms with Crippen molar-refractivity contribution in [1.82, 2.24) is 42.5 Å². The van der Waals surface area contributed by atoms with Crippen LogP contribution < -0.4 is 67.2 Å². The van der Waals surface area contributed by atoms with Crippen molar-refractivity contribution in [3.05, 3.63) is 158 Å². The fraction of sp³-hybridized carbons (Fsp3) is 0.556. The van der Waals surface area contributed by atoms with Crippen LogP contribution in [0.1, 0.15) is 186 Å². The summed E-state index contributed by atoms with van der Waals surface area (Å²) in [5.41, 5.74) is 5.36. The first kappa shape index (κ1) is 107. The summed E-state index contributed by atoms with van der Waals surface area (Å²) in [6.07, 6.45) is -16.0. The Balaban J connectivity index is 1.04. The zero-order chi connectivity index (χ0) is 103. The van der Waals surface area contributed by atoms with Gasteiger partial charge in [-0.25, -0.2) is 4.79 Å². The number of hydrogen-bond acceptors (Lipinski definition) is 34. The molecule has 3 aromatic carbocycles. The molecule has 4 saturated heterocycles. The summed E-state index contributed by atoms with van der Waals surface area (Å²) >= 11 is 7.76. The summed E-state index contributed by atoms with van der Waals surface area (Å²) in [5.74, 6) is -20.2. The largest absolute Gasteiger partial charge is 0.508 e. The molecule has 0 radical (unpaired) electrons. The van der Waals surface area contributed by atoms with E-state index in [2.05, 4.69) is 42.5 Å². The number of unbranched alkanes of at least 4 members (excludes halogenated alkanes) is 9. The van der Waals surface area contributed by atoms with Gasteiger partial charge in [-0.1, -0.05) is 121 Å². The predicted octanol–water partition coefficient (Wildman–Crippen LogP) is 1.36. The molecular weight excluding hydrogens is 1890 g/mol. The highest BCUT2D eigenvalue weighted by molar-refractivity contribution is 6.22. The van der Waals surface area contributed by atoms with Crippen molar-refractivity contribution < 1.29 is 167 Å². The lowest BCUT2D eigenvalue weighted by Crippen LogP contribution is -2.67. The Kier molecular flexibility index (Phi) is 35.4. The Morgan fingerprint density at radius 2 is 1.18 bits per heavy atom. The van der Waals surface area contributed by atoms with Gasteiger partial charge in [-0.15, -0.1) is 11.6 Å². The number of rotatable bonds is 27. The fourth-order valence-electron chi connectivity index (χ4n) is 19.9. The van der Waals surface area contributed by atoms with Crippen LogP contribution in [0.2, 0.25) is 0 Å². The first-order chi connectivity index (χ1) is 68.3. The number of benzene rings is 3. The van der Waals surface area contributed by atoms with Crippen LogP contribution in [0, 0.1) is 17.8 Å². The summed E-state index contributed by atoms with van der Waals surface area (Å²) in [4.78, 5) is 155. The van der Waals surface area contributed by atoms with Crippen molar-refractivity contribution in [2.75, 3.05) is 26.4 Å². The molecule has 44 heteroatoms. The lowest BCUT2D eigenvalue weighted by Gasteiger charge is -2.45. The van der Waals surface area contributed by atoms with E-state index >= 15 is 24.0 Å². The number of fused-ring (bicyclic) bond motifs is 14. The number of phenols is 2. The monoisotopic (exact) mass is 2020 g/mol. The van der Waals surface area contributed by atoms with Crippen LogP contribution in [0.5, 0.6) is 40.2 Å². The van der Waals surface area contributed by atoms with Gasteiger partial charge in [0.25, 0.3) is 0 Å². The van der Waals surface area contributed by atoms with Gasteiger partial charge >= 0.3 is 11.9 Å². The molecule has 143 heavy (non-hydrogen) atoms. The summed E-state index contributed by atoms with van der Waals surface area (Å²) in [5, 5.41) is 182. The number of alkyl halides is 1. The van der Waals surface area contributed by atoms with Crippen LogP contribution in [-0.4, -0.2) is 291 Å². The number of carboxylic acids is 1. The highest BCUT2D eigenvalue weighted by Crippen LogP contribution is 2.51. The number of carbonyl (C=O) groups excluding carboxylic acids is 9. The average molecular weight is 2020 g/mol. The Hall–Kier alpha value is -11.5. The zero-order valence-corrected chi connectivity index (χ0v) is 80.2. The molecule has 0 spiro atoms. The minimum Gasteiger partial charge on any atom is -0.508 e.